The second kappa shape index (κ2) is 30.8. The maximum atomic E-state index is 13.8. The molecule has 0 aromatic heterocycles. The molecule has 2 fully saturated rings. The van der Waals surface area contributed by atoms with Crippen LogP contribution in [-0.4, -0.2) is 74.2 Å². The van der Waals surface area contributed by atoms with Crippen LogP contribution in [0.2, 0.25) is 0 Å². The van der Waals surface area contributed by atoms with Crippen molar-refractivity contribution in [1.29, 1.82) is 0 Å². The van der Waals surface area contributed by atoms with Crippen molar-refractivity contribution in [1.82, 2.24) is 0 Å². The fraction of sp³-hybridized carbons (Fsp3) is 0.364. The number of fused-ring (bicyclic) bond motifs is 3. The molecule has 0 unspecified atom stereocenters. The molecule has 5 aromatic carbocycles. The van der Waals surface area contributed by atoms with Crippen LogP contribution in [0.5, 0.6) is 34.5 Å². The fourth-order valence-corrected chi connectivity index (χ4v) is 10.1. The van der Waals surface area contributed by atoms with E-state index in [1.54, 1.807) is 66.7 Å². The Bertz CT molecular complexity index is 3030. The largest absolute Gasteiger partial charge is 0.494 e. The molecule has 0 bridgehead atoms. The Morgan fingerprint density at radius 1 is 0.415 bits per heavy atom. The van der Waals surface area contributed by atoms with E-state index in [4.69, 9.17) is 37.9 Å². The minimum absolute atomic E-state index is 0.203. The van der Waals surface area contributed by atoms with E-state index in [2.05, 4.69) is 23.4 Å². The van der Waals surface area contributed by atoms with E-state index in [0.29, 0.717) is 112 Å². The van der Waals surface area contributed by atoms with Gasteiger partial charge in [-0.1, -0.05) is 61.7 Å². The van der Waals surface area contributed by atoms with Gasteiger partial charge in [0.2, 0.25) is 0 Å². The van der Waals surface area contributed by atoms with E-state index in [1.165, 1.54) is 6.21 Å². The van der Waals surface area contributed by atoms with Gasteiger partial charge in [-0.25, -0.2) is 9.59 Å². The Kier molecular flexibility index (Phi) is 22.3. The van der Waals surface area contributed by atoms with Gasteiger partial charge in [-0.2, -0.15) is 5.10 Å². The van der Waals surface area contributed by atoms with Crippen LogP contribution >= 0.6 is 0 Å². The smallest absolute Gasteiger partial charge is 0.330 e. The van der Waals surface area contributed by atoms with Gasteiger partial charge in [0, 0.05) is 28.8 Å². The minimum atomic E-state index is -0.473. The van der Waals surface area contributed by atoms with Crippen LogP contribution < -0.4 is 28.4 Å². The number of unbranched alkanes of at least 4 members (excludes halogenated alkanes) is 6. The number of rotatable bonds is 28. The molecule has 428 valence electrons. The highest BCUT2D eigenvalue weighted by molar-refractivity contribution is 6.24. The summed E-state index contributed by atoms with van der Waals surface area (Å²) < 4.78 is 45.1. The minimum Gasteiger partial charge on any atom is -0.494 e. The van der Waals surface area contributed by atoms with Crippen LogP contribution in [0.3, 0.4) is 0 Å². The van der Waals surface area contributed by atoms with Crippen LogP contribution in [0.15, 0.2) is 151 Å². The molecule has 3 aliphatic rings. The number of nitrogens with zero attached hydrogens (tertiary/aromatic N) is 2. The Balaban J connectivity index is 0.818. The molecule has 0 atom stereocenters. The number of ether oxygens (including phenoxy) is 8. The number of hydrogen-bond acceptors (Lipinski definition) is 16. The summed E-state index contributed by atoms with van der Waals surface area (Å²) in [5.74, 6) is -1.57. The molecule has 3 aliphatic carbocycles. The van der Waals surface area contributed by atoms with Gasteiger partial charge in [0.1, 0.15) is 40.2 Å². The molecule has 0 spiro atoms. The molecule has 8 rings (SSSR count). The topological polar surface area (TPSA) is 201 Å². The van der Waals surface area contributed by atoms with Crippen molar-refractivity contribution in [2.45, 2.75) is 103 Å². The quantitative estimate of drug-likeness (QED) is 0.0112. The van der Waals surface area contributed by atoms with Crippen LogP contribution in [0.1, 0.15) is 119 Å². The van der Waals surface area contributed by atoms with Gasteiger partial charge in [-0.05, 0) is 181 Å². The molecule has 2 saturated carbocycles. The van der Waals surface area contributed by atoms with Gasteiger partial charge in [-0.3, -0.25) is 19.2 Å². The molecule has 16 nitrogen and oxygen atoms in total. The average Bonchev–Trinajstić information content (AvgIpc) is 4.01. The Morgan fingerprint density at radius 2 is 0.768 bits per heavy atom. The Labute approximate surface area is 478 Å². The molecular weight excluding hydrogens is 1040 g/mol. The summed E-state index contributed by atoms with van der Waals surface area (Å²) in [4.78, 5) is 76.3. The van der Waals surface area contributed by atoms with Gasteiger partial charge in [-0.15, -0.1) is 5.10 Å². The third-order valence-corrected chi connectivity index (χ3v) is 14.7. The normalized spacial score (nSPS) is 17.0. The molecular formula is C66H70N2O14. The third kappa shape index (κ3) is 17.4. The molecule has 5 aromatic rings. The molecule has 82 heavy (non-hydrogen) atoms. The zero-order valence-electron chi connectivity index (χ0n) is 46.2. The summed E-state index contributed by atoms with van der Waals surface area (Å²) in [6.45, 7) is 8.57. The van der Waals surface area contributed by atoms with Crippen molar-refractivity contribution in [3.8, 4) is 45.6 Å². The first-order valence-electron chi connectivity index (χ1n) is 28.4. The molecule has 16 heteroatoms. The van der Waals surface area contributed by atoms with Gasteiger partial charge in [0.25, 0.3) is 0 Å². The summed E-state index contributed by atoms with van der Waals surface area (Å²) in [6, 6.07) is 34.5. The lowest BCUT2D eigenvalue weighted by Gasteiger charge is -2.26. The monoisotopic (exact) mass is 1110 g/mol. The SMILES string of the molecule is C=CC(=O)OCCCCCCOc1ccc(OC(=O)C2CCC(C(=O)Oc3ccc(OC(=O)C4CCC(C(=O)Oc5ccc(OCCCCCCOC(=O)C=C)cc5)CC4)c(/C=N/N=C4c5ccccc5-c5ccccc54)c3)CC2)cc1. The predicted octanol–water partition coefficient (Wildman–Crippen LogP) is 12.5. The molecule has 0 N–H and O–H groups in total. The van der Waals surface area contributed by atoms with E-state index < -0.39 is 41.6 Å². The van der Waals surface area contributed by atoms with E-state index in [-0.39, 0.29) is 29.4 Å². The first kappa shape index (κ1) is 59.5. The summed E-state index contributed by atoms with van der Waals surface area (Å²) >= 11 is 0. The van der Waals surface area contributed by atoms with E-state index >= 15 is 0 Å². The van der Waals surface area contributed by atoms with Crippen molar-refractivity contribution in [2.75, 3.05) is 26.4 Å². The number of benzene rings is 5. The van der Waals surface area contributed by atoms with Crippen molar-refractivity contribution in [2.24, 2.45) is 33.9 Å². The van der Waals surface area contributed by atoms with Gasteiger partial charge < -0.3 is 37.9 Å². The number of carbonyl (C=O) groups is 6. The van der Waals surface area contributed by atoms with Crippen LogP contribution in [0.4, 0.5) is 0 Å². The summed E-state index contributed by atoms with van der Waals surface area (Å²) in [6.07, 6.45) is 14.2. The Hall–Kier alpha value is -8.66. The van der Waals surface area contributed by atoms with E-state index in [1.807, 2.05) is 48.5 Å². The summed E-state index contributed by atoms with van der Waals surface area (Å²) in [5.41, 5.74) is 5.02. The van der Waals surface area contributed by atoms with Crippen LogP contribution in [0, 0.1) is 23.7 Å². The Morgan fingerprint density at radius 3 is 1.18 bits per heavy atom. The van der Waals surface area contributed by atoms with E-state index in [9.17, 15) is 28.8 Å². The lowest BCUT2D eigenvalue weighted by atomic mass is 9.82. The molecule has 0 heterocycles. The van der Waals surface area contributed by atoms with Crippen molar-refractivity contribution in [3.63, 3.8) is 0 Å². The fourth-order valence-electron chi connectivity index (χ4n) is 10.1. The summed E-state index contributed by atoms with van der Waals surface area (Å²) in [5, 5.41) is 9.17. The first-order valence-corrected chi connectivity index (χ1v) is 28.4. The van der Waals surface area contributed by atoms with E-state index in [0.717, 1.165) is 85.8 Å². The highest BCUT2D eigenvalue weighted by Gasteiger charge is 2.34. The molecule has 0 amide bonds. The van der Waals surface area contributed by atoms with Crippen LogP contribution in [0.25, 0.3) is 11.1 Å². The standard InChI is InChI=1S/C66H70N2O14/c1-3-60(69)77-41-15-7-5-13-39-75-50-29-33-52(34-30-50)79-63(71)45-21-23-47(24-22-45)65(73)81-54-37-38-59(49(43-54)44-67-68-62-57-19-11-9-17-55(57)56-18-10-12-20-58(56)62)82-66(74)48-27-25-46(26-28-48)64(72)80-53-35-31-51(32-36-53)76-40-14-6-8-16-42-78-61(70)4-2/h3-4,9-12,17-20,29-38,43-48H,1-2,5-8,13-16,21-28,39-42H2/b67-44+. The lowest BCUT2D eigenvalue weighted by molar-refractivity contribution is -0.145. The molecule has 0 aliphatic heterocycles. The zero-order chi connectivity index (χ0) is 57.5. The first-order chi connectivity index (χ1) is 40.0. The van der Waals surface area contributed by atoms with Gasteiger partial charge in [0.15, 0.2) is 0 Å². The van der Waals surface area contributed by atoms with Crippen molar-refractivity contribution < 1.29 is 66.7 Å². The van der Waals surface area contributed by atoms with Gasteiger partial charge >= 0.3 is 35.8 Å². The maximum Gasteiger partial charge on any atom is 0.330 e. The second-order valence-corrected chi connectivity index (χ2v) is 20.5. The highest BCUT2D eigenvalue weighted by Crippen LogP contribution is 2.38. The molecule has 0 saturated heterocycles. The molecule has 0 radical (unpaired) electrons. The number of esters is 6. The van der Waals surface area contributed by atoms with Crippen LogP contribution in [-0.2, 0) is 38.2 Å². The average molecular weight is 1120 g/mol. The number of hydrogen-bond donors (Lipinski definition) is 0. The predicted molar refractivity (Wildman–Crippen MR) is 308 cm³/mol. The third-order valence-electron chi connectivity index (χ3n) is 14.7. The lowest BCUT2D eigenvalue weighted by Crippen LogP contribution is -2.30. The van der Waals surface area contributed by atoms with Crippen molar-refractivity contribution >= 4 is 47.7 Å². The number of carbonyl (C=O) groups excluding carboxylic acids is 6. The van der Waals surface area contributed by atoms with Crippen molar-refractivity contribution in [3.05, 3.63) is 157 Å². The van der Waals surface area contributed by atoms with Gasteiger partial charge in [0.05, 0.1) is 56.3 Å². The maximum absolute atomic E-state index is 13.8. The highest BCUT2D eigenvalue weighted by atomic mass is 16.6. The summed E-state index contributed by atoms with van der Waals surface area (Å²) in [7, 11) is 0. The second-order valence-electron chi connectivity index (χ2n) is 20.5. The zero-order valence-corrected chi connectivity index (χ0v) is 46.2.